The van der Waals surface area contributed by atoms with Crippen molar-refractivity contribution in [2.75, 3.05) is 13.1 Å². The van der Waals surface area contributed by atoms with E-state index in [1.165, 1.54) is 44.9 Å². The first-order chi connectivity index (χ1) is 17.0. The van der Waals surface area contributed by atoms with Gasteiger partial charge in [0.2, 0.25) is 17.7 Å². The first-order valence-electron chi connectivity index (χ1n) is 14.5. The van der Waals surface area contributed by atoms with E-state index in [0.717, 1.165) is 51.4 Å². The molecule has 3 N–H and O–H groups in total. The predicted octanol–water partition coefficient (Wildman–Crippen LogP) is 6.34. The Morgan fingerprint density at radius 1 is 0.600 bits per heavy atom. The number of rotatable bonds is 24. The van der Waals surface area contributed by atoms with Crippen LogP contribution in [0.15, 0.2) is 12.2 Å². The fourth-order valence-electron chi connectivity index (χ4n) is 3.82. The number of hydrogen-bond acceptors (Lipinski definition) is 3. The maximum Gasteiger partial charge on any atom is 0.242 e. The van der Waals surface area contributed by atoms with Crippen molar-refractivity contribution >= 4 is 17.7 Å². The molecule has 0 unspecified atom stereocenters. The Balaban J connectivity index is 4.13. The maximum atomic E-state index is 12.6. The fraction of sp³-hybridized carbons (Fsp3) is 0.828. The van der Waals surface area contributed by atoms with Crippen LogP contribution in [-0.2, 0) is 14.4 Å². The molecule has 0 bridgehead atoms. The van der Waals surface area contributed by atoms with Crippen LogP contribution in [0.25, 0.3) is 0 Å². The second-order valence-electron chi connectivity index (χ2n) is 9.63. The molecule has 0 aromatic carbocycles. The van der Waals surface area contributed by atoms with Gasteiger partial charge in [-0.25, -0.2) is 0 Å². The highest BCUT2D eigenvalue weighted by Gasteiger charge is 2.21. The summed E-state index contributed by atoms with van der Waals surface area (Å²) in [4.78, 5) is 37.0. The van der Waals surface area contributed by atoms with E-state index in [9.17, 15) is 14.4 Å². The molecule has 6 heteroatoms. The van der Waals surface area contributed by atoms with E-state index in [2.05, 4.69) is 48.9 Å². The molecule has 0 fully saturated rings. The number of unbranched alkanes of at least 4 members (excludes halogenated alkanes) is 11. The average molecular weight is 494 g/mol. The number of hydrogen-bond donors (Lipinski definition) is 3. The molecule has 6 nitrogen and oxygen atoms in total. The van der Waals surface area contributed by atoms with Crippen molar-refractivity contribution in [3.05, 3.63) is 12.2 Å². The van der Waals surface area contributed by atoms with E-state index in [1.807, 2.05) is 0 Å². The second kappa shape index (κ2) is 25.2. The highest BCUT2D eigenvalue weighted by Crippen LogP contribution is 2.09. The van der Waals surface area contributed by atoms with E-state index in [4.69, 9.17) is 0 Å². The third-order valence-electron chi connectivity index (χ3n) is 6.16. The fourth-order valence-corrected chi connectivity index (χ4v) is 3.82. The Bertz CT molecular complexity index is 563. The third-order valence-corrected chi connectivity index (χ3v) is 6.16. The average Bonchev–Trinajstić information content (AvgIpc) is 2.84. The van der Waals surface area contributed by atoms with Gasteiger partial charge in [0, 0.05) is 25.9 Å². The maximum absolute atomic E-state index is 12.6. The van der Waals surface area contributed by atoms with Crippen molar-refractivity contribution < 1.29 is 14.4 Å². The van der Waals surface area contributed by atoms with Crippen LogP contribution in [0.5, 0.6) is 0 Å². The Hall–Kier alpha value is -1.85. The van der Waals surface area contributed by atoms with Gasteiger partial charge in [0.25, 0.3) is 0 Å². The minimum absolute atomic E-state index is 0.0661. The molecule has 0 heterocycles. The quantitative estimate of drug-likeness (QED) is 0.108. The van der Waals surface area contributed by atoms with Crippen LogP contribution in [0.1, 0.15) is 136 Å². The molecule has 0 rings (SSSR count). The summed E-state index contributed by atoms with van der Waals surface area (Å²) in [6.45, 7) is 7.64. The Labute approximate surface area is 215 Å². The largest absolute Gasteiger partial charge is 0.356 e. The van der Waals surface area contributed by atoms with Gasteiger partial charge in [0.15, 0.2) is 0 Å². The van der Waals surface area contributed by atoms with Crippen molar-refractivity contribution in [2.24, 2.45) is 0 Å². The lowest BCUT2D eigenvalue weighted by atomic mass is 10.1. The van der Waals surface area contributed by atoms with Crippen LogP contribution in [0.3, 0.4) is 0 Å². The molecule has 1 atom stereocenters. The van der Waals surface area contributed by atoms with Crippen LogP contribution in [0.4, 0.5) is 0 Å². The summed E-state index contributed by atoms with van der Waals surface area (Å²) >= 11 is 0. The highest BCUT2D eigenvalue weighted by atomic mass is 16.2. The molecule has 204 valence electrons. The van der Waals surface area contributed by atoms with E-state index in [-0.39, 0.29) is 24.1 Å². The van der Waals surface area contributed by atoms with E-state index < -0.39 is 6.04 Å². The Kier molecular flexibility index (Phi) is 23.9. The zero-order valence-corrected chi connectivity index (χ0v) is 23.1. The molecule has 35 heavy (non-hydrogen) atoms. The zero-order valence-electron chi connectivity index (χ0n) is 23.1. The van der Waals surface area contributed by atoms with Gasteiger partial charge in [-0.05, 0) is 51.4 Å². The first kappa shape index (κ1) is 33.1. The van der Waals surface area contributed by atoms with Crippen LogP contribution < -0.4 is 16.0 Å². The van der Waals surface area contributed by atoms with Crippen LogP contribution in [0.2, 0.25) is 0 Å². The standard InChI is InChI=1S/C29H55N3O3/c1-4-7-10-11-12-13-14-15-16-17-18-19-20-21-28(34)32-26(29(35)31-25-9-6-3)22-23-27(33)30-24-8-5-2/h15-16,26H,4-14,17-25H2,1-3H3,(H,30,33)(H,31,35)(H,32,34)/b16-15+/t26-/m0/s1. The van der Waals surface area contributed by atoms with Crippen LogP contribution in [0, 0.1) is 0 Å². The number of carbonyl (C=O) groups excluding carboxylic acids is 3. The molecular formula is C29H55N3O3. The first-order valence-corrected chi connectivity index (χ1v) is 14.5. The summed E-state index contributed by atoms with van der Waals surface area (Å²) in [7, 11) is 0. The summed E-state index contributed by atoms with van der Waals surface area (Å²) in [5.74, 6) is -0.363. The van der Waals surface area contributed by atoms with Crippen molar-refractivity contribution in [1.82, 2.24) is 16.0 Å². The minimum Gasteiger partial charge on any atom is -0.356 e. The molecule has 0 aliphatic heterocycles. The Morgan fingerprint density at radius 2 is 1.14 bits per heavy atom. The molecule has 0 aromatic rings. The highest BCUT2D eigenvalue weighted by molar-refractivity contribution is 5.88. The van der Waals surface area contributed by atoms with Gasteiger partial charge in [-0.2, -0.15) is 0 Å². The normalized spacial score (nSPS) is 12.0. The van der Waals surface area contributed by atoms with E-state index in [1.54, 1.807) is 0 Å². The zero-order chi connectivity index (χ0) is 26.0. The molecule has 0 saturated heterocycles. The minimum atomic E-state index is -0.652. The van der Waals surface area contributed by atoms with Crippen LogP contribution >= 0.6 is 0 Å². The monoisotopic (exact) mass is 493 g/mol. The van der Waals surface area contributed by atoms with E-state index >= 15 is 0 Å². The SMILES string of the molecule is CCCCCCCC/C=C/CCCCCC(=O)N[C@@H](CCC(=O)NCCCC)C(=O)NCCCC. The molecule has 0 saturated carbocycles. The summed E-state index contributed by atoms with van der Waals surface area (Å²) in [5.41, 5.74) is 0. The lowest BCUT2D eigenvalue weighted by Gasteiger charge is -2.18. The molecule has 0 spiro atoms. The van der Waals surface area contributed by atoms with Gasteiger partial charge in [0.1, 0.15) is 6.04 Å². The Morgan fingerprint density at radius 3 is 1.77 bits per heavy atom. The number of nitrogens with one attached hydrogen (secondary N) is 3. The van der Waals surface area contributed by atoms with E-state index in [0.29, 0.717) is 25.9 Å². The lowest BCUT2D eigenvalue weighted by Crippen LogP contribution is -2.47. The van der Waals surface area contributed by atoms with Crippen molar-refractivity contribution in [3.8, 4) is 0 Å². The van der Waals surface area contributed by atoms with Crippen molar-refractivity contribution in [3.63, 3.8) is 0 Å². The predicted molar refractivity (Wildman–Crippen MR) is 147 cm³/mol. The molecular weight excluding hydrogens is 438 g/mol. The van der Waals surface area contributed by atoms with Crippen molar-refractivity contribution in [1.29, 1.82) is 0 Å². The molecule has 0 aliphatic rings. The number of allylic oxidation sites excluding steroid dienone is 2. The van der Waals surface area contributed by atoms with Gasteiger partial charge < -0.3 is 16.0 Å². The topological polar surface area (TPSA) is 87.3 Å². The molecule has 0 aromatic heterocycles. The van der Waals surface area contributed by atoms with Crippen LogP contribution in [-0.4, -0.2) is 36.9 Å². The summed E-state index contributed by atoms with van der Waals surface area (Å²) in [6, 6.07) is -0.652. The lowest BCUT2D eigenvalue weighted by molar-refractivity contribution is -0.129. The van der Waals surface area contributed by atoms with Crippen molar-refractivity contribution in [2.45, 2.75) is 142 Å². The summed E-state index contributed by atoms with van der Waals surface area (Å²) < 4.78 is 0. The summed E-state index contributed by atoms with van der Waals surface area (Å²) in [5, 5.41) is 8.63. The van der Waals surface area contributed by atoms with Gasteiger partial charge in [-0.15, -0.1) is 0 Å². The van der Waals surface area contributed by atoms with Gasteiger partial charge in [-0.1, -0.05) is 84.3 Å². The molecule has 0 radical (unpaired) electrons. The number of carbonyl (C=O) groups is 3. The summed E-state index contributed by atoms with van der Waals surface area (Å²) in [6.07, 6.45) is 22.6. The smallest absolute Gasteiger partial charge is 0.242 e. The van der Waals surface area contributed by atoms with Gasteiger partial charge in [0.05, 0.1) is 0 Å². The second-order valence-corrected chi connectivity index (χ2v) is 9.63. The third kappa shape index (κ3) is 22.4. The van der Waals surface area contributed by atoms with Gasteiger partial charge in [-0.3, -0.25) is 14.4 Å². The molecule has 0 aliphatic carbocycles. The number of amides is 3. The van der Waals surface area contributed by atoms with Gasteiger partial charge >= 0.3 is 0 Å². The molecule has 3 amide bonds.